The zero-order valence-corrected chi connectivity index (χ0v) is 8.03. The van der Waals surface area contributed by atoms with Crippen LogP contribution in [0.5, 0.6) is 0 Å². The Morgan fingerprint density at radius 2 is 2.54 bits per heavy atom. The lowest BCUT2D eigenvalue weighted by Crippen LogP contribution is -2.35. The van der Waals surface area contributed by atoms with E-state index in [2.05, 4.69) is 15.4 Å². The van der Waals surface area contributed by atoms with Crippen molar-refractivity contribution in [1.29, 1.82) is 0 Å². The van der Waals surface area contributed by atoms with Crippen molar-refractivity contribution in [3.8, 4) is 0 Å². The van der Waals surface area contributed by atoms with E-state index in [-0.39, 0.29) is 0 Å². The van der Waals surface area contributed by atoms with Gasteiger partial charge >= 0.3 is 0 Å². The monoisotopic (exact) mass is 180 g/mol. The summed E-state index contributed by atoms with van der Waals surface area (Å²) in [5, 5.41) is 7.76. The summed E-state index contributed by atoms with van der Waals surface area (Å²) in [5.74, 6) is 0.960. The molecule has 2 heterocycles. The summed E-state index contributed by atoms with van der Waals surface area (Å²) < 4.78 is 1.76. The molecule has 4 heteroatoms. The van der Waals surface area contributed by atoms with Gasteiger partial charge in [0.25, 0.3) is 0 Å². The van der Waals surface area contributed by atoms with Crippen LogP contribution in [0.4, 0.5) is 0 Å². The minimum absolute atomic E-state index is 0.594. The third kappa shape index (κ3) is 2.28. The average Bonchev–Trinajstić information content (AvgIpc) is 2.53. The Morgan fingerprint density at radius 3 is 3.15 bits per heavy atom. The second-order valence-corrected chi connectivity index (χ2v) is 3.69. The van der Waals surface area contributed by atoms with Gasteiger partial charge in [0.15, 0.2) is 5.82 Å². The van der Waals surface area contributed by atoms with Crippen molar-refractivity contribution in [1.82, 2.24) is 20.1 Å². The van der Waals surface area contributed by atoms with E-state index >= 15 is 0 Å². The molecule has 1 unspecified atom stereocenters. The highest BCUT2D eigenvalue weighted by atomic mass is 15.3. The van der Waals surface area contributed by atoms with Crippen molar-refractivity contribution in [3.05, 3.63) is 12.2 Å². The van der Waals surface area contributed by atoms with Crippen LogP contribution >= 0.6 is 0 Å². The largest absolute Gasteiger partial charge is 0.314 e. The number of piperidine rings is 1. The van der Waals surface area contributed by atoms with Crippen LogP contribution in [0.2, 0.25) is 0 Å². The topological polar surface area (TPSA) is 42.7 Å². The number of nitrogens with zero attached hydrogens (tertiary/aromatic N) is 3. The van der Waals surface area contributed by atoms with Gasteiger partial charge in [-0.25, -0.2) is 4.98 Å². The lowest BCUT2D eigenvalue weighted by atomic mass is 10.0. The molecule has 0 spiro atoms. The fourth-order valence-electron chi connectivity index (χ4n) is 1.80. The molecule has 0 amide bonds. The average molecular weight is 180 g/mol. The van der Waals surface area contributed by atoms with Crippen LogP contribution in [0.15, 0.2) is 6.33 Å². The minimum Gasteiger partial charge on any atom is -0.314 e. The van der Waals surface area contributed by atoms with Gasteiger partial charge in [-0.15, -0.1) is 0 Å². The highest BCUT2D eigenvalue weighted by molar-refractivity contribution is 4.88. The maximum Gasteiger partial charge on any atom is 0.152 e. The summed E-state index contributed by atoms with van der Waals surface area (Å²) in [6.07, 6.45) is 6.65. The van der Waals surface area contributed by atoms with Crippen molar-refractivity contribution in [3.63, 3.8) is 0 Å². The van der Waals surface area contributed by atoms with Crippen LogP contribution in [0, 0.1) is 0 Å². The Bertz CT molecular complexity index is 262. The van der Waals surface area contributed by atoms with Gasteiger partial charge in [-0.3, -0.25) is 4.68 Å². The van der Waals surface area contributed by atoms with Crippen molar-refractivity contribution in [2.45, 2.75) is 31.7 Å². The van der Waals surface area contributed by atoms with Gasteiger partial charge in [-0.05, 0) is 19.4 Å². The van der Waals surface area contributed by atoms with Crippen LogP contribution in [-0.2, 0) is 13.5 Å². The molecule has 0 bridgehead atoms. The van der Waals surface area contributed by atoms with Gasteiger partial charge in [0.2, 0.25) is 0 Å². The van der Waals surface area contributed by atoms with Crippen molar-refractivity contribution < 1.29 is 0 Å². The summed E-state index contributed by atoms with van der Waals surface area (Å²) in [4.78, 5) is 4.22. The van der Waals surface area contributed by atoms with E-state index < -0.39 is 0 Å². The van der Waals surface area contributed by atoms with Crippen LogP contribution in [0.1, 0.15) is 25.1 Å². The van der Waals surface area contributed by atoms with Crippen molar-refractivity contribution in [2.24, 2.45) is 7.05 Å². The Balaban J connectivity index is 1.89. The standard InChI is InChI=1S/C9H16N4/c1-13-7-11-9(12-13)6-8-4-2-3-5-10-8/h7-8,10H,2-6H2,1H3. The Hall–Kier alpha value is -0.900. The molecular weight excluding hydrogens is 164 g/mol. The Morgan fingerprint density at radius 1 is 1.62 bits per heavy atom. The molecule has 1 aromatic heterocycles. The zero-order valence-electron chi connectivity index (χ0n) is 8.03. The summed E-state index contributed by atoms with van der Waals surface area (Å²) in [6, 6.07) is 0.594. The van der Waals surface area contributed by atoms with E-state index in [1.165, 1.54) is 19.3 Å². The van der Waals surface area contributed by atoms with Crippen molar-refractivity contribution in [2.75, 3.05) is 6.54 Å². The molecule has 0 saturated carbocycles. The summed E-state index contributed by atoms with van der Waals surface area (Å²) in [5.41, 5.74) is 0. The lowest BCUT2D eigenvalue weighted by molar-refractivity contribution is 0.394. The lowest BCUT2D eigenvalue weighted by Gasteiger charge is -2.21. The Kier molecular flexibility index (Phi) is 2.59. The van der Waals surface area contributed by atoms with E-state index in [0.717, 1.165) is 18.8 Å². The fraction of sp³-hybridized carbons (Fsp3) is 0.778. The van der Waals surface area contributed by atoms with Crippen LogP contribution < -0.4 is 5.32 Å². The molecular formula is C9H16N4. The number of nitrogens with one attached hydrogen (secondary N) is 1. The molecule has 0 aromatic carbocycles. The van der Waals surface area contributed by atoms with Crippen LogP contribution in [0.3, 0.4) is 0 Å². The molecule has 1 atom stereocenters. The van der Waals surface area contributed by atoms with E-state index in [0.29, 0.717) is 6.04 Å². The van der Waals surface area contributed by atoms with Gasteiger partial charge in [0.05, 0.1) is 0 Å². The first-order valence-electron chi connectivity index (χ1n) is 4.92. The van der Waals surface area contributed by atoms with Gasteiger partial charge in [0, 0.05) is 19.5 Å². The Labute approximate surface area is 78.4 Å². The molecule has 4 nitrogen and oxygen atoms in total. The predicted molar refractivity (Wildman–Crippen MR) is 50.3 cm³/mol. The maximum absolute atomic E-state index is 4.27. The first-order valence-corrected chi connectivity index (χ1v) is 4.92. The molecule has 1 aromatic rings. The number of rotatable bonds is 2. The van der Waals surface area contributed by atoms with E-state index in [9.17, 15) is 0 Å². The van der Waals surface area contributed by atoms with Gasteiger partial charge < -0.3 is 5.32 Å². The van der Waals surface area contributed by atoms with E-state index in [4.69, 9.17) is 0 Å². The first-order chi connectivity index (χ1) is 6.34. The third-order valence-electron chi connectivity index (χ3n) is 2.49. The van der Waals surface area contributed by atoms with E-state index in [1.807, 2.05) is 7.05 Å². The minimum atomic E-state index is 0.594. The van der Waals surface area contributed by atoms with Gasteiger partial charge in [-0.1, -0.05) is 6.42 Å². The smallest absolute Gasteiger partial charge is 0.152 e. The quantitative estimate of drug-likeness (QED) is 0.720. The zero-order chi connectivity index (χ0) is 9.10. The number of aryl methyl sites for hydroxylation is 1. The predicted octanol–water partition coefficient (Wildman–Crippen LogP) is 0.500. The second-order valence-electron chi connectivity index (χ2n) is 3.69. The molecule has 13 heavy (non-hydrogen) atoms. The first kappa shape index (κ1) is 8.69. The third-order valence-corrected chi connectivity index (χ3v) is 2.49. The second kappa shape index (κ2) is 3.87. The summed E-state index contributed by atoms with van der Waals surface area (Å²) in [6.45, 7) is 1.15. The number of hydrogen-bond acceptors (Lipinski definition) is 3. The number of hydrogen-bond donors (Lipinski definition) is 1. The molecule has 1 fully saturated rings. The molecule has 1 aliphatic rings. The van der Waals surface area contributed by atoms with E-state index in [1.54, 1.807) is 11.0 Å². The van der Waals surface area contributed by atoms with Crippen LogP contribution in [0.25, 0.3) is 0 Å². The molecule has 0 radical (unpaired) electrons. The molecule has 1 N–H and O–H groups in total. The SMILES string of the molecule is Cn1cnc(CC2CCCCN2)n1. The molecule has 1 saturated heterocycles. The van der Waals surface area contributed by atoms with Gasteiger partial charge in [-0.2, -0.15) is 5.10 Å². The molecule has 72 valence electrons. The summed E-state index contributed by atoms with van der Waals surface area (Å²) in [7, 11) is 1.91. The van der Waals surface area contributed by atoms with Crippen LogP contribution in [-0.4, -0.2) is 27.4 Å². The molecule has 2 rings (SSSR count). The fourth-order valence-corrected chi connectivity index (χ4v) is 1.80. The maximum atomic E-state index is 4.27. The van der Waals surface area contributed by atoms with Crippen molar-refractivity contribution >= 4 is 0 Å². The summed E-state index contributed by atoms with van der Waals surface area (Å²) >= 11 is 0. The molecule has 1 aliphatic heterocycles. The normalized spacial score (nSPS) is 23.3. The number of aromatic nitrogens is 3. The molecule has 0 aliphatic carbocycles. The highest BCUT2D eigenvalue weighted by Gasteiger charge is 2.14. The highest BCUT2D eigenvalue weighted by Crippen LogP contribution is 2.09. The van der Waals surface area contributed by atoms with Gasteiger partial charge in [0.1, 0.15) is 6.33 Å².